The highest BCUT2D eigenvalue weighted by Gasteiger charge is 2.09. The Morgan fingerprint density at radius 3 is 2.76 bits per heavy atom. The standard InChI is InChI=1S/C11H16ClN3O2/c1-7(15(2)3)6-13-10-5-8(11(16)17)4-9(12)14-10/h4-5,7H,6H2,1-3H3,(H,13,14)(H,16,17). The predicted octanol–water partition coefficient (Wildman–Crippen LogP) is 1.80. The second kappa shape index (κ2) is 5.84. The number of carboxylic acid groups (broad SMARTS) is 1. The Morgan fingerprint density at radius 1 is 1.59 bits per heavy atom. The summed E-state index contributed by atoms with van der Waals surface area (Å²) < 4.78 is 0. The smallest absolute Gasteiger partial charge is 0.335 e. The fraction of sp³-hybridized carbons (Fsp3) is 0.455. The molecule has 0 fully saturated rings. The summed E-state index contributed by atoms with van der Waals surface area (Å²) in [6, 6.07) is 3.10. The third kappa shape index (κ3) is 4.20. The van der Waals surface area contributed by atoms with Gasteiger partial charge in [-0.25, -0.2) is 9.78 Å². The lowest BCUT2D eigenvalue weighted by Gasteiger charge is -2.20. The number of nitrogens with one attached hydrogen (secondary N) is 1. The van der Waals surface area contributed by atoms with Crippen molar-refractivity contribution < 1.29 is 9.90 Å². The minimum atomic E-state index is -1.02. The summed E-state index contributed by atoms with van der Waals surface area (Å²) in [7, 11) is 3.95. The highest BCUT2D eigenvalue weighted by atomic mass is 35.5. The highest BCUT2D eigenvalue weighted by Crippen LogP contribution is 2.14. The van der Waals surface area contributed by atoms with Crippen molar-refractivity contribution >= 4 is 23.4 Å². The minimum Gasteiger partial charge on any atom is -0.478 e. The first-order valence-electron chi connectivity index (χ1n) is 5.21. The van der Waals surface area contributed by atoms with Gasteiger partial charge in [-0.05, 0) is 33.2 Å². The van der Waals surface area contributed by atoms with Gasteiger partial charge in [0.1, 0.15) is 11.0 Å². The fourth-order valence-electron chi connectivity index (χ4n) is 1.15. The summed E-state index contributed by atoms with van der Waals surface area (Å²) in [6.45, 7) is 2.72. The van der Waals surface area contributed by atoms with Crippen molar-refractivity contribution in [2.75, 3.05) is 26.0 Å². The Balaban J connectivity index is 2.74. The average Bonchev–Trinajstić information content (AvgIpc) is 2.24. The molecule has 6 heteroatoms. The van der Waals surface area contributed by atoms with Crippen LogP contribution in [-0.2, 0) is 0 Å². The molecule has 1 heterocycles. The van der Waals surface area contributed by atoms with Crippen molar-refractivity contribution in [3.8, 4) is 0 Å². The number of halogens is 1. The minimum absolute atomic E-state index is 0.130. The van der Waals surface area contributed by atoms with Crippen LogP contribution in [0.5, 0.6) is 0 Å². The van der Waals surface area contributed by atoms with Crippen molar-refractivity contribution in [3.05, 3.63) is 22.8 Å². The van der Waals surface area contributed by atoms with Gasteiger partial charge in [-0.2, -0.15) is 0 Å². The monoisotopic (exact) mass is 257 g/mol. The van der Waals surface area contributed by atoms with E-state index in [1.165, 1.54) is 12.1 Å². The van der Waals surface area contributed by atoms with Crippen molar-refractivity contribution in [1.82, 2.24) is 9.88 Å². The number of likely N-dealkylation sites (N-methyl/N-ethyl adjacent to an activating group) is 1. The van der Waals surface area contributed by atoms with Crippen LogP contribution in [0.2, 0.25) is 5.15 Å². The topological polar surface area (TPSA) is 65.5 Å². The zero-order chi connectivity index (χ0) is 13.0. The molecule has 1 aromatic rings. The van der Waals surface area contributed by atoms with E-state index in [1.54, 1.807) is 0 Å². The van der Waals surface area contributed by atoms with Gasteiger partial charge < -0.3 is 15.3 Å². The molecule has 0 saturated carbocycles. The Labute approximate surface area is 105 Å². The first kappa shape index (κ1) is 13.7. The van der Waals surface area contributed by atoms with Crippen LogP contribution in [0.4, 0.5) is 5.82 Å². The van der Waals surface area contributed by atoms with E-state index in [0.29, 0.717) is 18.4 Å². The third-order valence-corrected chi connectivity index (χ3v) is 2.69. The van der Waals surface area contributed by atoms with Gasteiger partial charge in [0.05, 0.1) is 5.56 Å². The van der Waals surface area contributed by atoms with Gasteiger partial charge in [0.2, 0.25) is 0 Å². The molecule has 1 rings (SSSR count). The normalized spacial score (nSPS) is 12.5. The van der Waals surface area contributed by atoms with Gasteiger partial charge in [0, 0.05) is 12.6 Å². The first-order valence-corrected chi connectivity index (χ1v) is 5.59. The van der Waals surface area contributed by atoms with Gasteiger partial charge in [0.15, 0.2) is 0 Å². The van der Waals surface area contributed by atoms with E-state index in [4.69, 9.17) is 16.7 Å². The molecule has 94 valence electrons. The molecule has 0 aliphatic carbocycles. The van der Waals surface area contributed by atoms with Gasteiger partial charge >= 0.3 is 5.97 Å². The summed E-state index contributed by atoms with van der Waals surface area (Å²) in [5, 5.41) is 12.1. The largest absolute Gasteiger partial charge is 0.478 e. The Hall–Kier alpha value is -1.33. The molecule has 0 bridgehead atoms. The lowest BCUT2D eigenvalue weighted by Crippen LogP contribution is -2.31. The molecular weight excluding hydrogens is 242 g/mol. The van der Waals surface area contributed by atoms with Crippen molar-refractivity contribution in [2.24, 2.45) is 0 Å². The number of carbonyl (C=O) groups is 1. The van der Waals surface area contributed by atoms with Crippen LogP contribution in [0.15, 0.2) is 12.1 Å². The molecule has 1 aromatic heterocycles. The lowest BCUT2D eigenvalue weighted by molar-refractivity contribution is 0.0697. The molecule has 2 N–H and O–H groups in total. The SMILES string of the molecule is CC(CNc1cc(C(=O)O)cc(Cl)n1)N(C)C. The summed E-state index contributed by atoms with van der Waals surface area (Å²) in [4.78, 5) is 16.9. The maximum atomic E-state index is 10.8. The van der Waals surface area contributed by atoms with Gasteiger partial charge in [-0.3, -0.25) is 0 Å². The third-order valence-electron chi connectivity index (χ3n) is 2.50. The number of carboxylic acids is 1. The number of nitrogens with zero attached hydrogens (tertiary/aromatic N) is 2. The maximum Gasteiger partial charge on any atom is 0.335 e. The number of hydrogen-bond donors (Lipinski definition) is 2. The number of aromatic nitrogens is 1. The van der Waals surface area contributed by atoms with E-state index in [-0.39, 0.29) is 10.7 Å². The van der Waals surface area contributed by atoms with Crippen LogP contribution in [0, 0.1) is 0 Å². The number of rotatable bonds is 5. The van der Waals surface area contributed by atoms with Gasteiger partial charge in [-0.1, -0.05) is 11.6 Å². The van der Waals surface area contributed by atoms with Crippen molar-refractivity contribution in [2.45, 2.75) is 13.0 Å². The molecule has 1 unspecified atom stereocenters. The summed E-state index contributed by atoms with van der Waals surface area (Å²) in [5.41, 5.74) is 0.130. The molecule has 0 aliphatic rings. The molecule has 0 amide bonds. The Kier molecular flexibility index (Phi) is 4.72. The summed E-state index contributed by atoms with van der Waals surface area (Å²) >= 11 is 5.75. The molecule has 0 spiro atoms. The molecule has 5 nitrogen and oxygen atoms in total. The van der Waals surface area contributed by atoms with Crippen LogP contribution in [0.1, 0.15) is 17.3 Å². The van der Waals surface area contributed by atoms with Crippen molar-refractivity contribution in [1.29, 1.82) is 0 Å². The van der Waals surface area contributed by atoms with Crippen LogP contribution < -0.4 is 5.32 Å². The predicted molar refractivity (Wildman–Crippen MR) is 67.8 cm³/mol. The summed E-state index contributed by atoms with van der Waals surface area (Å²) in [5.74, 6) is -0.540. The van der Waals surface area contributed by atoms with Crippen LogP contribution in [-0.4, -0.2) is 47.6 Å². The molecule has 0 aliphatic heterocycles. The van der Waals surface area contributed by atoms with Crippen molar-refractivity contribution in [3.63, 3.8) is 0 Å². The molecule has 0 aromatic carbocycles. The van der Waals surface area contributed by atoms with Gasteiger partial charge in [-0.15, -0.1) is 0 Å². The first-order chi connectivity index (χ1) is 7.90. The van der Waals surface area contributed by atoms with E-state index in [0.717, 1.165) is 0 Å². The molecule has 17 heavy (non-hydrogen) atoms. The van der Waals surface area contributed by atoms with E-state index in [9.17, 15) is 4.79 Å². The zero-order valence-corrected chi connectivity index (χ0v) is 10.8. The van der Waals surface area contributed by atoms with E-state index in [1.807, 2.05) is 14.1 Å². The molecule has 1 atom stereocenters. The van der Waals surface area contributed by atoms with E-state index in [2.05, 4.69) is 22.1 Å². The zero-order valence-electron chi connectivity index (χ0n) is 10.1. The van der Waals surface area contributed by atoms with E-state index < -0.39 is 5.97 Å². The fourth-order valence-corrected chi connectivity index (χ4v) is 1.35. The number of pyridine rings is 1. The Bertz CT molecular complexity index is 410. The lowest BCUT2D eigenvalue weighted by atomic mass is 10.2. The second-order valence-corrected chi connectivity index (χ2v) is 4.45. The van der Waals surface area contributed by atoms with Crippen LogP contribution in [0.25, 0.3) is 0 Å². The molecule has 0 radical (unpaired) electrons. The van der Waals surface area contributed by atoms with Crippen LogP contribution in [0.3, 0.4) is 0 Å². The average molecular weight is 258 g/mol. The number of aromatic carboxylic acids is 1. The van der Waals surface area contributed by atoms with Gasteiger partial charge in [0.25, 0.3) is 0 Å². The quantitative estimate of drug-likeness (QED) is 0.788. The molecule has 0 saturated heterocycles. The summed E-state index contributed by atoms with van der Waals surface area (Å²) in [6.07, 6.45) is 0. The maximum absolute atomic E-state index is 10.8. The second-order valence-electron chi connectivity index (χ2n) is 4.06. The number of anilines is 1. The van der Waals surface area contributed by atoms with E-state index >= 15 is 0 Å². The van der Waals surface area contributed by atoms with Crippen LogP contribution >= 0.6 is 11.6 Å². The molecular formula is C11H16ClN3O2. The number of hydrogen-bond acceptors (Lipinski definition) is 4. The highest BCUT2D eigenvalue weighted by molar-refractivity contribution is 6.29. The Morgan fingerprint density at radius 2 is 2.24 bits per heavy atom.